The molecule has 0 aliphatic rings. The van der Waals surface area contributed by atoms with Crippen LogP contribution in [0.25, 0.3) is 0 Å². The Labute approximate surface area is 82.7 Å². The van der Waals surface area contributed by atoms with Crippen LogP contribution in [-0.2, 0) is 9.53 Å². The van der Waals surface area contributed by atoms with E-state index in [-0.39, 0.29) is 11.6 Å². The van der Waals surface area contributed by atoms with E-state index in [1.165, 1.54) is 20.1 Å². The molecule has 0 aliphatic carbocycles. The topological polar surface area (TPSA) is 26.3 Å². The highest BCUT2D eigenvalue weighted by Crippen LogP contribution is 2.19. The summed E-state index contributed by atoms with van der Waals surface area (Å²) in [6.45, 7) is 3.10. The molecule has 76 valence electrons. The van der Waals surface area contributed by atoms with Crippen LogP contribution in [0.15, 0.2) is 18.2 Å². The maximum absolute atomic E-state index is 13.2. The summed E-state index contributed by atoms with van der Waals surface area (Å²) in [6.07, 6.45) is -0.662. The van der Waals surface area contributed by atoms with Gasteiger partial charge in [0.15, 0.2) is 5.78 Å². The first-order chi connectivity index (χ1) is 6.56. The third kappa shape index (κ3) is 2.17. The Bertz CT molecular complexity index is 347. The molecule has 0 heterocycles. The normalized spacial score (nSPS) is 12.6. The van der Waals surface area contributed by atoms with Crippen molar-refractivity contribution in [2.45, 2.75) is 20.0 Å². The first-order valence-corrected chi connectivity index (χ1v) is 4.35. The minimum absolute atomic E-state index is 0.129. The number of rotatable bonds is 3. The van der Waals surface area contributed by atoms with Gasteiger partial charge in [-0.05, 0) is 31.0 Å². The van der Waals surface area contributed by atoms with Crippen LogP contribution in [0, 0.1) is 12.7 Å². The quantitative estimate of drug-likeness (QED) is 0.742. The number of hydrogen-bond donors (Lipinski definition) is 0. The van der Waals surface area contributed by atoms with Crippen LogP contribution in [0.2, 0.25) is 0 Å². The fraction of sp³-hybridized carbons (Fsp3) is 0.364. The van der Waals surface area contributed by atoms with Crippen LogP contribution in [0.1, 0.15) is 24.2 Å². The van der Waals surface area contributed by atoms with Gasteiger partial charge in [0.25, 0.3) is 0 Å². The number of aryl methyl sites for hydroxylation is 1. The first-order valence-electron chi connectivity index (χ1n) is 4.35. The third-order valence-electron chi connectivity index (χ3n) is 2.10. The molecule has 0 saturated heterocycles. The maximum atomic E-state index is 13.2. The predicted molar refractivity (Wildman–Crippen MR) is 51.6 cm³/mol. The van der Waals surface area contributed by atoms with Crippen LogP contribution in [-0.4, -0.2) is 12.9 Å². The Kier molecular flexibility index (Phi) is 3.36. The van der Waals surface area contributed by atoms with Crippen molar-refractivity contribution in [2.75, 3.05) is 7.11 Å². The fourth-order valence-electron chi connectivity index (χ4n) is 1.31. The smallest absolute Gasteiger partial charge is 0.163 e. The number of carbonyl (C=O) groups is 1. The van der Waals surface area contributed by atoms with Crippen molar-refractivity contribution < 1.29 is 13.9 Å². The molecular weight excluding hydrogens is 183 g/mol. The van der Waals surface area contributed by atoms with Gasteiger partial charge in [-0.2, -0.15) is 0 Å². The number of carbonyl (C=O) groups excluding carboxylic acids is 1. The van der Waals surface area contributed by atoms with Crippen molar-refractivity contribution in [3.8, 4) is 0 Å². The fourth-order valence-corrected chi connectivity index (χ4v) is 1.31. The molecule has 0 spiro atoms. The van der Waals surface area contributed by atoms with E-state index in [1.54, 1.807) is 19.1 Å². The van der Waals surface area contributed by atoms with E-state index in [2.05, 4.69) is 0 Å². The highest BCUT2D eigenvalue weighted by molar-refractivity contribution is 5.81. The molecule has 0 amide bonds. The van der Waals surface area contributed by atoms with Gasteiger partial charge in [0.1, 0.15) is 11.9 Å². The summed E-state index contributed by atoms with van der Waals surface area (Å²) in [5, 5.41) is 0. The van der Waals surface area contributed by atoms with E-state index in [0.717, 1.165) is 0 Å². The number of ether oxygens (including phenoxy) is 1. The van der Waals surface area contributed by atoms with Crippen molar-refractivity contribution in [1.82, 2.24) is 0 Å². The summed E-state index contributed by atoms with van der Waals surface area (Å²) in [5.74, 6) is -0.443. The second-order valence-electron chi connectivity index (χ2n) is 3.24. The number of Topliss-reactive ketones (excluding diaryl/α,β-unsaturated/α-hetero) is 1. The highest BCUT2D eigenvalue weighted by atomic mass is 19.1. The number of hydrogen-bond acceptors (Lipinski definition) is 2. The molecule has 2 nitrogen and oxygen atoms in total. The van der Waals surface area contributed by atoms with Crippen LogP contribution < -0.4 is 0 Å². The summed E-state index contributed by atoms with van der Waals surface area (Å²) >= 11 is 0. The first kappa shape index (κ1) is 10.9. The second kappa shape index (κ2) is 4.33. The molecule has 0 N–H and O–H groups in total. The third-order valence-corrected chi connectivity index (χ3v) is 2.10. The SMILES string of the molecule is COC(C(C)=O)c1ccc(C)c(F)c1. The van der Waals surface area contributed by atoms with Crippen LogP contribution in [0.5, 0.6) is 0 Å². The lowest BCUT2D eigenvalue weighted by Gasteiger charge is -2.12. The van der Waals surface area contributed by atoms with E-state index in [0.29, 0.717) is 11.1 Å². The summed E-state index contributed by atoms with van der Waals surface area (Å²) < 4.78 is 18.1. The van der Waals surface area contributed by atoms with Crippen molar-refractivity contribution in [2.24, 2.45) is 0 Å². The van der Waals surface area contributed by atoms with E-state index >= 15 is 0 Å². The molecular formula is C11H13FO2. The van der Waals surface area contributed by atoms with Gasteiger partial charge in [-0.3, -0.25) is 4.79 Å². The Hall–Kier alpha value is -1.22. The molecule has 0 aromatic heterocycles. The molecule has 0 bridgehead atoms. The molecule has 0 fully saturated rings. The van der Waals surface area contributed by atoms with Crippen LogP contribution in [0.3, 0.4) is 0 Å². The van der Waals surface area contributed by atoms with Gasteiger partial charge in [-0.25, -0.2) is 4.39 Å². The summed E-state index contributed by atoms with van der Waals surface area (Å²) in [7, 11) is 1.43. The molecule has 1 aromatic carbocycles. The van der Waals surface area contributed by atoms with Crippen LogP contribution >= 0.6 is 0 Å². The summed E-state index contributed by atoms with van der Waals surface area (Å²) in [5.41, 5.74) is 1.12. The van der Waals surface area contributed by atoms with Gasteiger partial charge in [0.05, 0.1) is 0 Å². The largest absolute Gasteiger partial charge is 0.369 e. The van der Waals surface area contributed by atoms with Gasteiger partial charge >= 0.3 is 0 Å². The molecule has 0 aliphatic heterocycles. The molecule has 1 rings (SSSR count). The van der Waals surface area contributed by atoms with Crippen molar-refractivity contribution >= 4 is 5.78 Å². The molecule has 0 saturated carbocycles. The molecule has 3 heteroatoms. The highest BCUT2D eigenvalue weighted by Gasteiger charge is 2.16. The van der Waals surface area contributed by atoms with Gasteiger partial charge in [0.2, 0.25) is 0 Å². The Morgan fingerprint density at radius 3 is 2.57 bits per heavy atom. The van der Waals surface area contributed by atoms with Gasteiger partial charge in [-0.1, -0.05) is 12.1 Å². The Morgan fingerprint density at radius 2 is 2.14 bits per heavy atom. The predicted octanol–water partition coefficient (Wildman–Crippen LogP) is 2.41. The van der Waals surface area contributed by atoms with E-state index in [4.69, 9.17) is 4.74 Å². The monoisotopic (exact) mass is 196 g/mol. The number of benzene rings is 1. The van der Waals surface area contributed by atoms with Crippen molar-refractivity contribution in [3.05, 3.63) is 35.1 Å². The van der Waals surface area contributed by atoms with Gasteiger partial charge in [-0.15, -0.1) is 0 Å². The zero-order valence-corrected chi connectivity index (χ0v) is 8.50. The van der Waals surface area contributed by atoms with Gasteiger partial charge in [0, 0.05) is 7.11 Å². The van der Waals surface area contributed by atoms with E-state index in [9.17, 15) is 9.18 Å². The Morgan fingerprint density at radius 1 is 1.50 bits per heavy atom. The lowest BCUT2D eigenvalue weighted by molar-refractivity contribution is -0.126. The maximum Gasteiger partial charge on any atom is 0.163 e. The van der Waals surface area contributed by atoms with Crippen molar-refractivity contribution in [1.29, 1.82) is 0 Å². The number of methoxy groups -OCH3 is 1. The molecule has 1 unspecified atom stereocenters. The summed E-state index contributed by atoms with van der Waals surface area (Å²) in [6, 6.07) is 4.68. The molecule has 0 radical (unpaired) electrons. The lowest BCUT2D eigenvalue weighted by Crippen LogP contribution is -2.11. The van der Waals surface area contributed by atoms with Crippen molar-refractivity contribution in [3.63, 3.8) is 0 Å². The molecule has 1 atom stereocenters. The minimum Gasteiger partial charge on any atom is -0.369 e. The van der Waals surface area contributed by atoms with E-state index in [1.807, 2.05) is 0 Å². The Balaban J connectivity index is 3.06. The standard InChI is InChI=1S/C11H13FO2/c1-7-4-5-9(6-10(7)12)11(14-3)8(2)13/h4-6,11H,1-3H3. The molecule has 14 heavy (non-hydrogen) atoms. The zero-order chi connectivity index (χ0) is 10.7. The average molecular weight is 196 g/mol. The minimum atomic E-state index is -0.662. The van der Waals surface area contributed by atoms with Crippen LogP contribution in [0.4, 0.5) is 4.39 Å². The second-order valence-corrected chi connectivity index (χ2v) is 3.24. The van der Waals surface area contributed by atoms with Gasteiger partial charge < -0.3 is 4.74 Å². The zero-order valence-electron chi connectivity index (χ0n) is 8.50. The number of ketones is 1. The summed E-state index contributed by atoms with van der Waals surface area (Å²) in [4.78, 5) is 11.1. The molecule has 1 aromatic rings. The number of halogens is 1. The van der Waals surface area contributed by atoms with E-state index < -0.39 is 6.10 Å². The average Bonchev–Trinajstić information content (AvgIpc) is 2.11. The lowest BCUT2D eigenvalue weighted by atomic mass is 10.0.